The maximum Gasteiger partial charge on any atom is 0.394 e. The van der Waals surface area contributed by atoms with Crippen molar-refractivity contribution in [2.45, 2.75) is 12.5 Å². The van der Waals surface area contributed by atoms with E-state index in [2.05, 4.69) is 4.84 Å². The van der Waals surface area contributed by atoms with E-state index in [1.165, 1.54) is 48.5 Å². The molecule has 12 nitrogen and oxygen atoms in total. The second-order valence-electron chi connectivity index (χ2n) is 5.81. The number of carbonyl (C=O) groups excluding carboxylic acids is 3. The summed E-state index contributed by atoms with van der Waals surface area (Å²) in [4.78, 5) is 59.8. The number of hydrogen-bond donors (Lipinski definition) is 3. The van der Waals surface area contributed by atoms with E-state index in [0.717, 1.165) is 0 Å². The molecule has 30 heavy (non-hydrogen) atoms. The van der Waals surface area contributed by atoms with Gasteiger partial charge in [0.05, 0.1) is 10.5 Å². The molecule has 0 aliphatic heterocycles. The SMILES string of the molecule is NOC(=O)[C@@H](Cc1ccc(OC(=O)c2ccc([N+](=O)[O-])cc2)cc1)NC(=O)C(=O)O. The first-order chi connectivity index (χ1) is 14.2. The molecular formula is C18H15N3O9. The Morgan fingerprint density at radius 3 is 2.17 bits per heavy atom. The van der Waals surface area contributed by atoms with E-state index in [0.29, 0.717) is 5.56 Å². The Morgan fingerprint density at radius 1 is 1.07 bits per heavy atom. The molecule has 12 heteroatoms. The molecule has 0 unspecified atom stereocenters. The van der Waals surface area contributed by atoms with E-state index in [4.69, 9.17) is 15.7 Å². The largest absolute Gasteiger partial charge is 0.474 e. The van der Waals surface area contributed by atoms with Crippen molar-refractivity contribution in [3.8, 4) is 5.75 Å². The fraction of sp³-hybridized carbons (Fsp3) is 0.111. The highest BCUT2D eigenvalue weighted by Crippen LogP contribution is 2.17. The summed E-state index contributed by atoms with van der Waals surface area (Å²) in [5.74, 6) is -0.0229. The summed E-state index contributed by atoms with van der Waals surface area (Å²) in [6, 6.07) is 9.26. The molecule has 0 saturated heterocycles. The highest BCUT2D eigenvalue weighted by Gasteiger charge is 2.25. The highest BCUT2D eigenvalue weighted by atomic mass is 16.7. The molecule has 0 saturated carbocycles. The minimum absolute atomic E-state index is 0.104. The minimum atomic E-state index is -1.78. The van der Waals surface area contributed by atoms with Gasteiger partial charge in [0.1, 0.15) is 11.8 Å². The number of hydrogen-bond acceptors (Lipinski definition) is 9. The number of ether oxygens (including phenoxy) is 1. The summed E-state index contributed by atoms with van der Waals surface area (Å²) in [5, 5.41) is 21.2. The van der Waals surface area contributed by atoms with Gasteiger partial charge in [0.15, 0.2) is 0 Å². The van der Waals surface area contributed by atoms with Crippen LogP contribution in [0.5, 0.6) is 5.75 Å². The van der Waals surface area contributed by atoms with Gasteiger partial charge in [-0.2, -0.15) is 5.90 Å². The number of rotatable bonds is 7. The summed E-state index contributed by atoms with van der Waals surface area (Å²) in [5.41, 5.74) is 0.412. The molecule has 0 spiro atoms. The van der Waals surface area contributed by atoms with Gasteiger partial charge in [0.2, 0.25) is 0 Å². The summed E-state index contributed by atoms with van der Waals surface area (Å²) < 4.78 is 5.16. The number of aliphatic carboxylic acids is 1. The quantitative estimate of drug-likeness (QED) is 0.186. The van der Waals surface area contributed by atoms with Gasteiger partial charge in [-0.05, 0) is 29.8 Å². The van der Waals surface area contributed by atoms with Gasteiger partial charge in [0, 0.05) is 18.6 Å². The van der Waals surface area contributed by atoms with Crippen LogP contribution in [0.2, 0.25) is 0 Å². The maximum atomic E-state index is 12.1. The van der Waals surface area contributed by atoms with E-state index in [9.17, 15) is 29.3 Å². The number of carbonyl (C=O) groups is 4. The molecule has 0 aromatic heterocycles. The first kappa shape index (κ1) is 22.0. The molecule has 1 amide bonds. The number of amides is 1. The van der Waals surface area contributed by atoms with Gasteiger partial charge in [-0.15, -0.1) is 0 Å². The number of nitro groups is 1. The van der Waals surface area contributed by atoms with Crippen molar-refractivity contribution in [1.82, 2.24) is 5.32 Å². The molecule has 0 aliphatic rings. The monoisotopic (exact) mass is 417 g/mol. The zero-order chi connectivity index (χ0) is 22.3. The second-order valence-corrected chi connectivity index (χ2v) is 5.81. The summed E-state index contributed by atoms with van der Waals surface area (Å²) >= 11 is 0. The topological polar surface area (TPSA) is 188 Å². The predicted molar refractivity (Wildman–Crippen MR) is 98.0 cm³/mol. The first-order valence-electron chi connectivity index (χ1n) is 8.21. The molecule has 0 radical (unpaired) electrons. The lowest BCUT2D eigenvalue weighted by atomic mass is 10.1. The minimum Gasteiger partial charge on any atom is -0.474 e. The Bertz CT molecular complexity index is 971. The third-order valence-corrected chi connectivity index (χ3v) is 3.79. The first-order valence-corrected chi connectivity index (χ1v) is 8.21. The van der Waals surface area contributed by atoms with Crippen LogP contribution in [0.15, 0.2) is 48.5 Å². The number of esters is 1. The van der Waals surface area contributed by atoms with Crippen molar-refractivity contribution < 1.29 is 38.8 Å². The van der Waals surface area contributed by atoms with Crippen LogP contribution >= 0.6 is 0 Å². The van der Waals surface area contributed by atoms with E-state index in [-0.39, 0.29) is 23.4 Å². The van der Waals surface area contributed by atoms with Gasteiger partial charge >= 0.3 is 23.8 Å². The molecule has 2 aromatic rings. The van der Waals surface area contributed by atoms with Gasteiger partial charge < -0.3 is 20.0 Å². The van der Waals surface area contributed by atoms with Gasteiger partial charge in [0.25, 0.3) is 5.69 Å². The number of carboxylic acids is 1. The number of nitro benzene ring substituents is 1. The smallest absolute Gasteiger partial charge is 0.394 e. The third-order valence-electron chi connectivity index (χ3n) is 3.79. The summed E-state index contributed by atoms with van der Waals surface area (Å²) in [6.07, 6.45) is -0.133. The zero-order valence-corrected chi connectivity index (χ0v) is 15.1. The standard InChI is InChI=1S/C18H15N3O9/c19-30-18(26)14(20-15(22)16(23)24)9-10-1-7-13(8-2-10)29-17(25)11-3-5-12(6-4-11)21(27)28/h1-8,14H,9,19H2,(H,20,22)(H,23,24)/t14-/m1/s1. The van der Waals surface area contributed by atoms with E-state index in [1.807, 2.05) is 5.32 Å². The van der Waals surface area contributed by atoms with Crippen LogP contribution in [0.3, 0.4) is 0 Å². The van der Waals surface area contributed by atoms with Crippen LogP contribution in [0.4, 0.5) is 5.69 Å². The molecular weight excluding hydrogens is 402 g/mol. The van der Waals surface area contributed by atoms with Crippen molar-refractivity contribution in [1.29, 1.82) is 0 Å². The molecule has 0 aliphatic carbocycles. The Labute approximate surface area is 168 Å². The Kier molecular flexibility index (Phi) is 7.14. The van der Waals surface area contributed by atoms with Crippen LogP contribution < -0.4 is 16.0 Å². The number of benzene rings is 2. The van der Waals surface area contributed by atoms with Crippen molar-refractivity contribution in [2.24, 2.45) is 5.90 Å². The molecule has 0 fully saturated rings. The molecule has 0 heterocycles. The number of nitrogens with zero attached hydrogens (tertiary/aromatic N) is 1. The Hall–Kier alpha value is -4.32. The second kappa shape index (κ2) is 9.75. The fourth-order valence-corrected chi connectivity index (χ4v) is 2.31. The highest BCUT2D eigenvalue weighted by molar-refractivity contribution is 6.31. The van der Waals surface area contributed by atoms with Crippen molar-refractivity contribution in [3.63, 3.8) is 0 Å². The summed E-state index contributed by atoms with van der Waals surface area (Å²) in [6.45, 7) is 0. The van der Waals surface area contributed by atoms with Gasteiger partial charge in [-0.25, -0.2) is 14.4 Å². The molecule has 156 valence electrons. The lowest BCUT2D eigenvalue weighted by Gasteiger charge is -2.15. The average molecular weight is 417 g/mol. The van der Waals surface area contributed by atoms with E-state index in [1.54, 1.807) is 0 Å². The van der Waals surface area contributed by atoms with Crippen LogP contribution in [0.1, 0.15) is 15.9 Å². The molecule has 1 atom stereocenters. The normalized spacial score (nSPS) is 11.1. The van der Waals surface area contributed by atoms with E-state index < -0.39 is 34.8 Å². The average Bonchev–Trinajstić information content (AvgIpc) is 2.73. The van der Waals surface area contributed by atoms with Gasteiger partial charge in [-0.1, -0.05) is 12.1 Å². The lowest BCUT2D eigenvalue weighted by molar-refractivity contribution is -0.384. The third kappa shape index (κ3) is 5.84. The van der Waals surface area contributed by atoms with Crippen LogP contribution in [-0.4, -0.2) is 39.9 Å². The van der Waals surface area contributed by atoms with Crippen molar-refractivity contribution in [2.75, 3.05) is 0 Å². The fourth-order valence-electron chi connectivity index (χ4n) is 2.31. The maximum absolute atomic E-state index is 12.1. The molecule has 0 bridgehead atoms. The zero-order valence-electron chi connectivity index (χ0n) is 15.1. The van der Waals surface area contributed by atoms with Crippen LogP contribution in [0.25, 0.3) is 0 Å². The van der Waals surface area contributed by atoms with Gasteiger partial charge in [-0.3, -0.25) is 14.9 Å². The Balaban J connectivity index is 2.04. The van der Waals surface area contributed by atoms with E-state index >= 15 is 0 Å². The Morgan fingerprint density at radius 2 is 1.67 bits per heavy atom. The molecule has 2 aromatic carbocycles. The van der Waals surface area contributed by atoms with Crippen LogP contribution in [0, 0.1) is 10.1 Å². The number of carboxylic acid groups (broad SMARTS) is 1. The van der Waals surface area contributed by atoms with Crippen molar-refractivity contribution >= 4 is 29.5 Å². The predicted octanol–water partition coefficient (Wildman–Crippen LogP) is 0.343. The number of nitrogens with one attached hydrogen (secondary N) is 1. The number of nitrogens with two attached hydrogens (primary N) is 1. The van der Waals surface area contributed by atoms with Crippen LogP contribution in [-0.2, 0) is 25.6 Å². The lowest BCUT2D eigenvalue weighted by Crippen LogP contribution is -2.46. The summed E-state index contributed by atoms with van der Waals surface area (Å²) in [7, 11) is 0. The number of non-ortho nitro benzene ring substituents is 1. The molecule has 4 N–H and O–H groups in total. The van der Waals surface area contributed by atoms with Crippen molar-refractivity contribution in [3.05, 3.63) is 69.8 Å². The molecule has 2 rings (SSSR count).